The Morgan fingerprint density at radius 3 is 2.44 bits per heavy atom. The molecule has 2 nitrogen and oxygen atoms in total. The maximum Gasteiger partial charge on any atom is 0.0373 e. The lowest BCUT2D eigenvalue weighted by molar-refractivity contribution is 0.618. The molecule has 0 rings (SSSR count). The Balaban J connectivity index is 3.41. The van der Waals surface area contributed by atoms with Gasteiger partial charge >= 0.3 is 0 Å². The van der Waals surface area contributed by atoms with Gasteiger partial charge in [-0.15, -0.1) is 0 Å². The van der Waals surface area contributed by atoms with Gasteiger partial charge in [0.05, 0.1) is 0 Å². The zero-order valence-corrected chi connectivity index (χ0v) is 6.44. The highest BCUT2D eigenvalue weighted by Crippen LogP contribution is 1.81. The van der Waals surface area contributed by atoms with E-state index in [-0.39, 0.29) is 0 Å². The molecule has 0 radical (unpaired) electrons. The molecule has 0 bridgehead atoms. The number of hydrogen-bond acceptors (Lipinski definition) is 2. The maximum atomic E-state index is 3.15. The zero-order valence-electron chi connectivity index (χ0n) is 6.44. The first-order chi connectivity index (χ1) is 4.35. The molecule has 0 aromatic rings. The summed E-state index contributed by atoms with van der Waals surface area (Å²) in [5.74, 6) is 0. The molecule has 9 heavy (non-hydrogen) atoms. The van der Waals surface area contributed by atoms with Crippen LogP contribution in [0.4, 0.5) is 0 Å². The molecule has 54 valence electrons. The molecule has 1 atom stereocenters. The summed E-state index contributed by atoms with van der Waals surface area (Å²) >= 11 is 0. The van der Waals surface area contributed by atoms with Gasteiger partial charge < -0.3 is 10.6 Å². The van der Waals surface area contributed by atoms with Crippen molar-refractivity contribution in [1.29, 1.82) is 0 Å². The Labute approximate surface area is 57.3 Å². The summed E-state index contributed by atoms with van der Waals surface area (Å²) in [4.78, 5) is 0. The lowest BCUT2D eigenvalue weighted by Crippen LogP contribution is -2.32. The third-order valence-corrected chi connectivity index (χ3v) is 1.22. The first-order valence-electron chi connectivity index (χ1n) is 3.29. The predicted molar refractivity (Wildman–Crippen MR) is 41.6 cm³/mol. The molecule has 0 saturated carbocycles. The van der Waals surface area contributed by atoms with Crippen molar-refractivity contribution < 1.29 is 0 Å². The molecule has 1 unspecified atom stereocenters. The molecule has 0 spiro atoms. The average Bonchev–Trinajstić information content (AvgIpc) is 1.88. The second-order valence-corrected chi connectivity index (χ2v) is 1.98. The minimum Gasteiger partial charge on any atom is -0.318 e. The third kappa shape index (κ3) is 4.18. The molecular weight excluding hydrogens is 112 g/mol. The molecule has 0 aromatic heterocycles. The molecule has 0 amide bonds. The van der Waals surface area contributed by atoms with Crippen LogP contribution in [0.3, 0.4) is 0 Å². The lowest BCUT2D eigenvalue weighted by Gasteiger charge is -2.09. The van der Waals surface area contributed by atoms with Gasteiger partial charge in [-0.05, 0) is 21.0 Å². The average molecular weight is 128 g/mol. The molecule has 2 N–H and O–H groups in total. The fraction of sp³-hybridized carbons (Fsp3) is 0.714. The fourth-order valence-corrected chi connectivity index (χ4v) is 0.719. The van der Waals surface area contributed by atoms with Gasteiger partial charge in [0.15, 0.2) is 0 Å². The van der Waals surface area contributed by atoms with E-state index in [0.717, 1.165) is 6.54 Å². The number of nitrogens with one attached hydrogen (secondary N) is 2. The van der Waals surface area contributed by atoms with Crippen LogP contribution in [-0.4, -0.2) is 26.7 Å². The Hall–Kier alpha value is -0.340. The van der Waals surface area contributed by atoms with Gasteiger partial charge in [-0.1, -0.05) is 12.2 Å². The van der Waals surface area contributed by atoms with Crippen LogP contribution in [0, 0.1) is 0 Å². The SMILES string of the molecule is C/C=C/C(CNC)NC. The van der Waals surface area contributed by atoms with Crippen LogP contribution < -0.4 is 10.6 Å². The van der Waals surface area contributed by atoms with Crippen molar-refractivity contribution in [2.24, 2.45) is 0 Å². The molecule has 0 fully saturated rings. The third-order valence-electron chi connectivity index (χ3n) is 1.22. The van der Waals surface area contributed by atoms with Crippen molar-refractivity contribution in [3.05, 3.63) is 12.2 Å². The summed E-state index contributed by atoms with van der Waals surface area (Å²) in [6.45, 7) is 3.01. The highest BCUT2D eigenvalue weighted by atomic mass is 14.9. The second kappa shape index (κ2) is 5.79. The van der Waals surface area contributed by atoms with E-state index in [1.165, 1.54) is 0 Å². The Morgan fingerprint density at radius 2 is 2.11 bits per heavy atom. The zero-order chi connectivity index (χ0) is 7.11. The summed E-state index contributed by atoms with van der Waals surface area (Å²) < 4.78 is 0. The largest absolute Gasteiger partial charge is 0.318 e. The normalized spacial score (nSPS) is 14.6. The van der Waals surface area contributed by atoms with Crippen LogP contribution in [0.1, 0.15) is 6.92 Å². The summed E-state index contributed by atoms with van der Waals surface area (Å²) in [6.07, 6.45) is 4.19. The van der Waals surface area contributed by atoms with Gasteiger partial charge in [-0.25, -0.2) is 0 Å². The maximum absolute atomic E-state index is 3.15. The van der Waals surface area contributed by atoms with Crippen LogP contribution in [-0.2, 0) is 0 Å². The molecule has 0 heterocycles. The van der Waals surface area contributed by atoms with Gasteiger partial charge in [0.1, 0.15) is 0 Å². The molecule has 0 aliphatic carbocycles. The van der Waals surface area contributed by atoms with Gasteiger partial charge in [0, 0.05) is 12.6 Å². The fourth-order valence-electron chi connectivity index (χ4n) is 0.719. The van der Waals surface area contributed by atoms with E-state index in [9.17, 15) is 0 Å². The van der Waals surface area contributed by atoms with Gasteiger partial charge in [0.25, 0.3) is 0 Å². The molecular formula is C7H16N2. The van der Waals surface area contributed by atoms with E-state index in [1.54, 1.807) is 0 Å². The van der Waals surface area contributed by atoms with Gasteiger partial charge in [-0.3, -0.25) is 0 Å². The highest BCUT2D eigenvalue weighted by Gasteiger charge is 1.95. The highest BCUT2D eigenvalue weighted by molar-refractivity contribution is 4.91. The Bertz CT molecular complexity index is 79.0. The molecule has 0 aliphatic rings. The standard InChI is InChI=1S/C7H16N2/c1-4-5-7(9-3)6-8-2/h4-5,7-9H,6H2,1-3H3/b5-4+. The number of hydrogen-bond donors (Lipinski definition) is 2. The van der Waals surface area contributed by atoms with Gasteiger partial charge in [-0.2, -0.15) is 0 Å². The number of rotatable bonds is 4. The van der Waals surface area contributed by atoms with Crippen LogP contribution in [0.2, 0.25) is 0 Å². The van der Waals surface area contributed by atoms with Crippen molar-refractivity contribution >= 4 is 0 Å². The van der Waals surface area contributed by atoms with Crippen molar-refractivity contribution in [3.8, 4) is 0 Å². The van der Waals surface area contributed by atoms with E-state index < -0.39 is 0 Å². The van der Waals surface area contributed by atoms with Gasteiger partial charge in [0.2, 0.25) is 0 Å². The summed E-state index contributed by atoms with van der Waals surface area (Å²) in [7, 11) is 3.91. The predicted octanol–water partition coefficient (Wildman–Crippen LogP) is 0.370. The number of likely N-dealkylation sites (N-methyl/N-ethyl adjacent to an activating group) is 2. The first-order valence-corrected chi connectivity index (χ1v) is 3.29. The molecule has 0 aliphatic heterocycles. The van der Waals surface area contributed by atoms with Crippen molar-refractivity contribution in [2.75, 3.05) is 20.6 Å². The summed E-state index contributed by atoms with van der Waals surface area (Å²) in [6, 6.07) is 0.472. The molecule has 0 saturated heterocycles. The van der Waals surface area contributed by atoms with Crippen LogP contribution in [0.5, 0.6) is 0 Å². The van der Waals surface area contributed by atoms with Crippen molar-refractivity contribution in [3.63, 3.8) is 0 Å². The van der Waals surface area contributed by atoms with E-state index in [0.29, 0.717) is 6.04 Å². The topological polar surface area (TPSA) is 24.1 Å². The summed E-state index contributed by atoms with van der Waals surface area (Å²) in [5.41, 5.74) is 0. The molecule has 0 aromatic carbocycles. The minimum absolute atomic E-state index is 0.472. The van der Waals surface area contributed by atoms with Crippen molar-refractivity contribution in [2.45, 2.75) is 13.0 Å². The van der Waals surface area contributed by atoms with Crippen LogP contribution in [0.25, 0.3) is 0 Å². The van der Waals surface area contributed by atoms with E-state index >= 15 is 0 Å². The summed E-state index contributed by atoms with van der Waals surface area (Å²) in [5, 5.41) is 6.24. The minimum atomic E-state index is 0.472. The van der Waals surface area contributed by atoms with E-state index in [2.05, 4.69) is 22.8 Å². The van der Waals surface area contributed by atoms with E-state index in [4.69, 9.17) is 0 Å². The smallest absolute Gasteiger partial charge is 0.0373 e. The van der Waals surface area contributed by atoms with E-state index in [1.807, 2.05) is 21.0 Å². The lowest BCUT2D eigenvalue weighted by atomic mass is 10.3. The second-order valence-electron chi connectivity index (χ2n) is 1.98. The number of allylic oxidation sites excluding steroid dienone is 1. The Kier molecular flexibility index (Phi) is 5.57. The quantitative estimate of drug-likeness (QED) is 0.534. The monoisotopic (exact) mass is 128 g/mol. The molecule has 2 heteroatoms. The van der Waals surface area contributed by atoms with Crippen LogP contribution in [0.15, 0.2) is 12.2 Å². The van der Waals surface area contributed by atoms with Crippen molar-refractivity contribution in [1.82, 2.24) is 10.6 Å². The first kappa shape index (κ1) is 8.66. The van der Waals surface area contributed by atoms with Crippen LogP contribution >= 0.6 is 0 Å². The Morgan fingerprint density at radius 1 is 1.44 bits per heavy atom.